The average Bonchev–Trinajstić information content (AvgIpc) is 2.46. The zero-order valence-electron chi connectivity index (χ0n) is 12.7. The second kappa shape index (κ2) is 6.97. The molecule has 0 bridgehead atoms. The number of benzene rings is 1. The standard InChI is InChI=1S/C15H21NO5/c1-5-9-15(2,14(19)21-4)16-13(18)10-7-6-8-11(20-3)12(10)17/h6-8,17H,5,9H2,1-4H3,(H,16,18). The SMILES string of the molecule is CCCC(C)(NC(=O)c1cccc(OC)c1O)C(=O)OC. The zero-order valence-corrected chi connectivity index (χ0v) is 12.7. The maximum atomic E-state index is 12.3. The van der Waals surface area contributed by atoms with Crippen molar-refractivity contribution in [3.05, 3.63) is 23.8 Å². The van der Waals surface area contributed by atoms with Crippen LogP contribution < -0.4 is 10.1 Å². The lowest BCUT2D eigenvalue weighted by Gasteiger charge is -2.27. The van der Waals surface area contributed by atoms with Crippen LogP contribution in [0, 0.1) is 0 Å². The zero-order chi connectivity index (χ0) is 16.0. The number of carbonyl (C=O) groups excluding carboxylic acids is 2. The number of hydrogen-bond acceptors (Lipinski definition) is 5. The van der Waals surface area contributed by atoms with Crippen LogP contribution in [0.5, 0.6) is 11.5 Å². The van der Waals surface area contributed by atoms with Gasteiger partial charge in [-0.1, -0.05) is 19.4 Å². The molecule has 0 aliphatic carbocycles. The van der Waals surface area contributed by atoms with Crippen LogP contribution in [0.2, 0.25) is 0 Å². The quantitative estimate of drug-likeness (QED) is 0.782. The van der Waals surface area contributed by atoms with E-state index in [4.69, 9.17) is 9.47 Å². The predicted octanol–water partition coefficient (Wildman–Crippen LogP) is 1.86. The minimum Gasteiger partial charge on any atom is -0.504 e. The summed E-state index contributed by atoms with van der Waals surface area (Å²) in [6.07, 6.45) is 1.12. The molecule has 0 spiro atoms. The van der Waals surface area contributed by atoms with Crippen molar-refractivity contribution in [2.24, 2.45) is 0 Å². The van der Waals surface area contributed by atoms with Crippen molar-refractivity contribution in [1.82, 2.24) is 5.32 Å². The number of carbonyl (C=O) groups is 2. The lowest BCUT2D eigenvalue weighted by molar-refractivity contribution is -0.147. The molecule has 0 saturated heterocycles. The highest BCUT2D eigenvalue weighted by Gasteiger charge is 2.36. The van der Waals surface area contributed by atoms with Crippen molar-refractivity contribution in [3.63, 3.8) is 0 Å². The molecule has 0 saturated carbocycles. The number of amides is 1. The van der Waals surface area contributed by atoms with Crippen molar-refractivity contribution in [2.75, 3.05) is 14.2 Å². The molecular weight excluding hydrogens is 274 g/mol. The summed E-state index contributed by atoms with van der Waals surface area (Å²) < 4.78 is 9.70. The van der Waals surface area contributed by atoms with Crippen LogP contribution in [0.4, 0.5) is 0 Å². The monoisotopic (exact) mass is 295 g/mol. The second-order valence-electron chi connectivity index (χ2n) is 4.88. The Labute approximate surface area is 124 Å². The number of nitrogens with one attached hydrogen (secondary N) is 1. The largest absolute Gasteiger partial charge is 0.504 e. The Kier molecular flexibility index (Phi) is 5.58. The van der Waals surface area contributed by atoms with Crippen molar-refractivity contribution in [2.45, 2.75) is 32.2 Å². The van der Waals surface area contributed by atoms with Gasteiger partial charge in [0.1, 0.15) is 5.54 Å². The maximum absolute atomic E-state index is 12.3. The van der Waals surface area contributed by atoms with E-state index in [1.54, 1.807) is 13.0 Å². The molecule has 116 valence electrons. The summed E-state index contributed by atoms with van der Waals surface area (Å²) in [6.45, 7) is 3.49. The number of rotatable bonds is 6. The van der Waals surface area contributed by atoms with Gasteiger partial charge in [0.25, 0.3) is 5.91 Å². The van der Waals surface area contributed by atoms with Crippen LogP contribution in [-0.2, 0) is 9.53 Å². The van der Waals surface area contributed by atoms with E-state index in [2.05, 4.69) is 5.32 Å². The third kappa shape index (κ3) is 3.65. The minimum atomic E-state index is -1.14. The normalized spacial score (nSPS) is 13.1. The van der Waals surface area contributed by atoms with Gasteiger partial charge in [-0.05, 0) is 25.5 Å². The van der Waals surface area contributed by atoms with Gasteiger partial charge in [0.15, 0.2) is 11.5 Å². The lowest BCUT2D eigenvalue weighted by Crippen LogP contribution is -2.52. The van der Waals surface area contributed by atoms with Crippen LogP contribution >= 0.6 is 0 Å². The Morgan fingerprint density at radius 3 is 2.52 bits per heavy atom. The van der Waals surface area contributed by atoms with E-state index < -0.39 is 17.4 Å². The van der Waals surface area contributed by atoms with E-state index in [-0.39, 0.29) is 17.1 Å². The molecule has 1 aromatic carbocycles. The van der Waals surface area contributed by atoms with E-state index in [9.17, 15) is 14.7 Å². The van der Waals surface area contributed by atoms with Crippen molar-refractivity contribution >= 4 is 11.9 Å². The van der Waals surface area contributed by atoms with E-state index in [1.165, 1.54) is 26.4 Å². The molecule has 1 rings (SSSR count). The van der Waals surface area contributed by atoms with Gasteiger partial charge < -0.3 is 19.9 Å². The summed E-state index contributed by atoms with van der Waals surface area (Å²) in [7, 11) is 2.66. The summed E-state index contributed by atoms with van der Waals surface area (Å²) in [6, 6.07) is 4.58. The Morgan fingerprint density at radius 1 is 1.33 bits per heavy atom. The van der Waals surface area contributed by atoms with Gasteiger partial charge >= 0.3 is 5.97 Å². The molecule has 2 N–H and O–H groups in total. The number of ether oxygens (including phenoxy) is 2. The lowest BCUT2D eigenvalue weighted by atomic mass is 9.95. The molecule has 6 heteroatoms. The Balaban J connectivity index is 3.06. The molecule has 0 aromatic heterocycles. The number of phenolic OH excluding ortho intramolecular Hbond substituents is 1. The van der Waals surface area contributed by atoms with E-state index in [0.29, 0.717) is 12.8 Å². The number of phenols is 1. The highest BCUT2D eigenvalue weighted by atomic mass is 16.5. The fourth-order valence-electron chi connectivity index (χ4n) is 2.13. The van der Waals surface area contributed by atoms with Gasteiger partial charge in [-0.3, -0.25) is 4.79 Å². The molecule has 1 amide bonds. The minimum absolute atomic E-state index is 0.0422. The molecule has 0 fully saturated rings. The molecule has 0 aliphatic rings. The van der Waals surface area contributed by atoms with Crippen molar-refractivity contribution in [1.29, 1.82) is 0 Å². The van der Waals surface area contributed by atoms with E-state index >= 15 is 0 Å². The molecule has 1 unspecified atom stereocenters. The molecule has 6 nitrogen and oxygen atoms in total. The maximum Gasteiger partial charge on any atom is 0.331 e. The van der Waals surface area contributed by atoms with Crippen molar-refractivity contribution in [3.8, 4) is 11.5 Å². The number of esters is 1. The van der Waals surface area contributed by atoms with Crippen LogP contribution in [0.25, 0.3) is 0 Å². The number of methoxy groups -OCH3 is 2. The number of hydrogen-bond donors (Lipinski definition) is 2. The van der Waals surface area contributed by atoms with Gasteiger partial charge in [0.2, 0.25) is 0 Å². The van der Waals surface area contributed by atoms with Gasteiger partial charge in [0, 0.05) is 0 Å². The van der Waals surface area contributed by atoms with E-state index in [0.717, 1.165) is 0 Å². The fourth-order valence-corrected chi connectivity index (χ4v) is 2.13. The summed E-state index contributed by atoms with van der Waals surface area (Å²) in [5, 5.41) is 12.6. The smallest absolute Gasteiger partial charge is 0.331 e. The summed E-state index contributed by atoms with van der Waals surface area (Å²) in [5.41, 5.74) is -1.10. The molecule has 0 aliphatic heterocycles. The molecule has 21 heavy (non-hydrogen) atoms. The first-order chi connectivity index (χ1) is 9.89. The third-order valence-corrected chi connectivity index (χ3v) is 3.24. The Morgan fingerprint density at radius 2 is 2.00 bits per heavy atom. The Bertz CT molecular complexity index is 529. The van der Waals surface area contributed by atoms with E-state index in [1.807, 2.05) is 6.92 Å². The first-order valence-electron chi connectivity index (χ1n) is 6.66. The van der Waals surface area contributed by atoms with Crippen LogP contribution in [0.15, 0.2) is 18.2 Å². The van der Waals surface area contributed by atoms with Crippen LogP contribution in [0.3, 0.4) is 0 Å². The van der Waals surface area contributed by atoms with Crippen molar-refractivity contribution < 1.29 is 24.2 Å². The highest BCUT2D eigenvalue weighted by molar-refractivity contribution is 6.00. The van der Waals surface area contributed by atoms with Gasteiger partial charge in [0.05, 0.1) is 19.8 Å². The molecule has 1 aromatic rings. The fraction of sp³-hybridized carbons (Fsp3) is 0.467. The topological polar surface area (TPSA) is 84.9 Å². The predicted molar refractivity (Wildman–Crippen MR) is 77.5 cm³/mol. The molecular formula is C15H21NO5. The molecule has 0 heterocycles. The van der Waals surface area contributed by atoms with Gasteiger partial charge in [-0.15, -0.1) is 0 Å². The number of aromatic hydroxyl groups is 1. The summed E-state index contributed by atoms with van der Waals surface area (Å²) in [5.74, 6) is -1.16. The first kappa shape index (κ1) is 16.8. The first-order valence-corrected chi connectivity index (χ1v) is 6.66. The second-order valence-corrected chi connectivity index (χ2v) is 4.88. The summed E-state index contributed by atoms with van der Waals surface area (Å²) in [4.78, 5) is 24.2. The highest BCUT2D eigenvalue weighted by Crippen LogP contribution is 2.29. The van der Waals surface area contributed by atoms with Crippen LogP contribution in [-0.4, -0.2) is 36.7 Å². The average molecular weight is 295 g/mol. The van der Waals surface area contributed by atoms with Gasteiger partial charge in [-0.2, -0.15) is 0 Å². The number of para-hydroxylation sites is 1. The molecule has 1 atom stereocenters. The molecule has 0 radical (unpaired) electrons. The van der Waals surface area contributed by atoms with Crippen LogP contribution in [0.1, 0.15) is 37.0 Å². The third-order valence-electron chi connectivity index (χ3n) is 3.24. The van der Waals surface area contributed by atoms with Gasteiger partial charge in [-0.25, -0.2) is 4.79 Å². The Hall–Kier alpha value is -2.24. The summed E-state index contributed by atoms with van der Waals surface area (Å²) >= 11 is 0.